The Morgan fingerprint density at radius 3 is 2.93 bits per heavy atom. The number of hydrogen-bond acceptors (Lipinski definition) is 2. The molecule has 2 N–H and O–H groups in total. The Morgan fingerprint density at radius 1 is 1.36 bits per heavy atom. The SMILES string of the molecule is [C](NCC1CCCN1)c1ccccc1. The highest BCUT2D eigenvalue weighted by molar-refractivity contribution is 5.21. The van der Waals surface area contributed by atoms with E-state index in [0.717, 1.165) is 18.7 Å². The van der Waals surface area contributed by atoms with Gasteiger partial charge in [-0.15, -0.1) is 0 Å². The maximum absolute atomic E-state index is 3.44. The first-order valence-electron chi connectivity index (χ1n) is 5.22. The largest absolute Gasteiger partial charge is 0.313 e. The van der Waals surface area contributed by atoms with Crippen molar-refractivity contribution in [3.05, 3.63) is 42.4 Å². The summed E-state index contributed by atoms with van der Waals surface area (Å²) in [6.07, 6.45) is 2.58. The third-order valence-electron chi connectivity index (χ3n) is 2.52. The Balaban J connectivity index is 1.67. The fourth-order valence-corrected chi connectivity index (χ4v) is 1.73. The van der Waals surface area contributed by atoms with Gasteiger partial charge in [0.05, 0.1) is 6.54 Å². The third kappa shape index (κ3) is 2.82. The fraction of sp³-hybridized carbons (Fsp3) is 0.417. The molecule has 1 aliphatic heterocycles. The maximum Gasteiger partial charge on any atom is 0.0934 e. The zero-order valence-corrected chi connectivity index (χ0v) is 8.29. The molecule has 0 aliphatic carbocycles. The Morgan fingerprint density at radius 2 is 2.21 bits per heavy atom. The van der Waals surface area contributed by atoms with E-state index in [0.29, 0.717) is 6.04 Å². The van der Waals surface area contributed by atoms with E-state index in [-0.39, 0.29) is 0 Å². The summed E-state index contributed by atoms with van der Waals surface area (Å²) in [5, 5.41) is 6.67. The van der Waals surface area contributed by atoms with Gasteiger partial charge in [0.15, 0.2) is 0 Å². The number of rotatable bonds is 4. The first kappa shape index (κ1) is 9.69. The fourth-order valence-electron chi connectivity index (χ4n) is 1.73. The molecule has 0 amide bonds. The summed E-state index contributed by atoms with van der Waals surface area (Å²) < 4.78 is 0. The third-order valence-corrected chi connectivity index (χ3v) is 2.52. The van der Waals surface area contributed by atoms with Crippen molar-refractivity contribution in [2.45, 2.75) is 18.9 Å². The molecule has 0 aromatic heterocycles. The number of benzene rings is 1. The predicted molar refractivity (Wildman–Crippen MR) is 57.8 cm³/mol. The van der Waals surface area contributed by atoms with Crippen LogP contribution in [-0.4, -0.2) is 19.1 Å². The molecule has 0 spiro atoms. The van der Waals surface area contributed by atoms with Gasteiger partial charge in [-0.2, -0.15) is 0 Å². The van der Waals surface area contributed by atoms with E-state index in [1.54, 1.807) is 0 Å². The van der Waals surface area contributed by atoms with Crippen LogP contribution in [0.1, 0.15) is 18.4 Å². The van der Waals surface area contributed by atoms with Gasteiger partial charge in [0.1, 0.15) is 0 Å². The summed E-state index contributed by atoms with van der Waals surface area (Å²) in [5.74, 6) is 0. The van der Waals surface area contributed by atoms with Crippen molar-refractivity contribution in [3.63, 3.8) is 0 Å². The molecular weight excluding hydrogens is 172 g/mol. The molecule has 74 valence electrons. The van der Waals surface area contributed by atoms with E-state index in [1.165, 1.54) is 12.8 Å². The van der Waals surface area contributed by atoms with E-state index < -0.39 is 0 Å². The smallest absolute Gasteiger partial charge is 0.0934 e. The van der Waals surface area contributed by atoms with Gasteiger partial charge in [0.2, 0.25) is 0 Å². The van der Waals surface area contributed by atoms with Crippen molar-refractivity contribution < 1.29 is 0 Å². The van der Waals surface area contributed by atoms with E-state index in [9.17, 15) is 0 Å². The van der Waals surface area contributed by atoms with Crippen molar-refractivity contribution in [1.82, 2.24) is 10.6 Å². The van der Waals surface area contributed by atoms with Crippen LogP contribution in [0.15, 0.2) is 30.3 Å². The molecule has 0 bridgehead atoms. The van der Waals surface area contributed by atoms with Crippen LogP contribution in [0, 0.1) is 6.54 Å². The average molecular weight is 188 g/mol. The molecule has 1 heterocycles. The van der Waals surface area contributed by atoms with Crippen LogP contribution in [0.25, 0.3) is 0 Å². The van der Waals surface area contributed by atoms with E-state index in [2.05, 4.69) is 29.3 Å². The summed E-state index contributed by atoms with van der Waals surface area (Å²) in [6, 6.07) is 10.8. The molecule has 1 aromatic carbocycles. The Labute approximate surface area is 85.7 Å². The van der Waals surface area contributed by atoms with Gasteiger partial charge in [-0.1, -0.05) is 30.3 Å². The highest BCUT2D eigenvalue weighted by Crippen LogP contribution is 2.04. The van der Waals surface area contributed by atoms with Gasteiger partial charge in [-0.05, 0) is 24.9 Å². The number of hydrogen-bond donors (Lipinski definition) is 2. The second-order valence-electron chi connectivity index (χ2n) is 3.67. The van der Waals surface area contributed by atoms with Crippen LogP contribution in [0.5, 0.6) is 0 Å². The van der Waals surface area contributed by atoms with Gasteiger partial charge in [-0.25, -0.2) is 0 Å². The minimum absolute atomic E-state index is 0.631. The summed E-state index contributed by atoms with van der Waals surface area (Å²) in [7, 11) is 0. The minimum atomic E-state index is 0.631. The molecule has 1 aliphatic rings. The zero-order chi connectivity index (χ0) is 9.64. The Bertz CT molecular complexity index is 252. The van der Waals surface area contributed by atoms with Crippen molar-refractivity contribution in [1.29, 1.82) is 0 Å². The molecule has 2 radical (unpaired) electrons. The number of nitrogens with one attached hydrogen (secondary N) is 2. The van der Waals surface area contributed by atoms with Crippen LogP contribution < -0.4 is 10.6 Å². The van der Waals surface area contributed by atoms with Gasteiger partial charge in [0, 0.05) is 12.6 Å². The van der Waals surface area contributed by atoms with Crippen molar-refractivity contribution >= 4 is 0 Å². The molecule has 1 aromatic rings. The molecule has 1 atom stereocenters. The lowest BCUT2D eigenvalue weighted by atomic mass is 10.2. The lowest BCUT2D eigenvalue weighted by Gasteiger charge is -2.10. The second kappa shape index (κ2) is 5.13. The Kier molecular flexibility index (Phi) is 3.55. The highest BCUT2D eigenvalue weighted by atomic mass is 15.0. The highest BCUT2D eigenvalue weighted by Gasteiger charge is 2.12. The summed E-state index contributed by atoms with van der Waals surface area (Å²) >= 11 is 0. The Hall–Kier alpha value is -0.860. The van der Waals surface area contributed by atoms with Crippen molar-refractivity contribution in [3.8, 4) is 0 Å². The van der Waals surface area contributed by atoms with Crippen LogP contribution in [0.3, 0.4) is 0 Å². The minimum Gasteiger partial charge on any atom is -0.313 e. The van der Waals surface area contributed by atoms with Crippen LogP contribution in [0.2, 0.25) is 0 Å². The molecule has 1 saturated heterocycles. The molecule has 0 saturated carbocycles. The monoisotopic (exact) mass is 188 g/mol. The average Bonchev–Trinajstić information content (AvgIpc) is 2.72. The topological polar surface area (TPSA) is 24.1 Å². The standard InChI is InChI=1S/C12H16N2/c1-2-5-11(6-3-1)9-13-10-12-7-4-8-14-12/h1-3,5-6,12-14H,4,7-8,10H2. The summed E-state index contributed by atoms with van der Waals surface area (Å²) in [5.41, 5.74) is 1.12. The lowest BCUT2D eigenvalue weighted by molar-refractivity contribution is 0.570. The van der Waals surface area contributed by atoms with Crippen molar-refractivity contribution in [2.24, 2.45) is 0 Å². The van der Waals surface area contributed by atoms with E-state index >= 15 is 0 Å². The predicted octanol–water partition coefficient (Wildman–Crippen LogP) is 1.42. The maximum atomic E-state index is 3.44. The zero-order valence-electron chi connectivity index (χ0n) is 8.29. The quantitative estimate of drug-likeness (QED) is 0.698. The normalized spacial score (nSPS) is 21.3. The molecule has 2 heteroatoms. The lowest BCUT2D eigenvalue weighted by Crippen LogP contribution is -2.32. The van der Waals surface area contributed by atoms with Gasteiger partial charge in [-0.3, -0.25) is 0 Å². The summed E-state index contributed by atoms with van der Waals surface area (Å²) in [4.78, 5) is 0. The van der Waals surface area contributed by atoms with Crippen LogP contribution >= 0.6 is 0 Å². The van der Waals surface area contributed by atoms with Gasteiger partial charge < -0.3 is 10.6 Å². The van der Waals surface area contributed by atoms with Crippen LogP contribution in [0.4, 0.5) is 0 Å². The van der Waals surface area contributed by atoms with Gasteiger partial charge >= 0.3 is 0 Å². The van der Waals surface area contributed by atoms with Crippen molar-refractivity contribution in [2.75, 3.05) is 13.1 Å². The molecule has 2 rings (SSSR count). The van der Waals surface area contributed by atoms with E-state index in [4.69, 9.17) is 0 Å². The first-order chi connectivity index (χ1) is 6.95. The molecule has 2 nitrogen and oxygen atoms in total. The van der Waals surface area contributed by atoms with Crippen LogP contribution in [-0.2, 0) is 0 Å². The molecule has 14 heavy (non-hydrogen) atoms. The molecule has 1 fully saturated rings. The first-order valence-corrected chi connectivity index (χ1v) is 5.22. The molecule has 1 unspecified atom stereocenters. The molecular formula is C12H16N2. The van der Waals surface area contributed by atoms with E-state index in [1.807, 2.05) is 18.2 Å². The van der Waals surface area contributed by atoms with Gasteiger partial charge in [0.25, 0.3) is 0 Å². The summed E-state index contributed by atoms with van der Waals surface area (Å²) in [6.45, 7) is 5.33. The second-order valence-corrected chi connectivity index (χ2v) is 3.67.